The molecule has 1 atom stereocenters. The molecule has 0 saturated heterocycles. The zero-order chi connectivity index (χ0) is 31.8. The standard InChI is InChI=1S/C40H45N4O/c1-25(2)29-16-14-17-30(26(3)4)38(29)42-24-23-41(9)39(42)43-28(6)44(33-19-12-11-18-32(33)43)40(7,8)37-27(5)21-22-35-36(37)31-15-10-13-20-34(31)45-35/h10-26,28H,1-9H3/q+1/t28-/m1/s1. The Morgan fingerprint density at radius 2 is 1.42 bits per heavy atom. The summed E-state index contributed by atoms with van der Waals surface area (Å²) < 4.78 is 11.1. The van der Waals surface area contributed by atoms with Crippen LogP contribution in [0.2, 0.25) is 0 Å². The quantitative estimate of drug-likeness (QED) is 0.179. The van der Waals surface area contributed by atoms with Gasteiger partial charge in [0.1, 0.15) is 28.7 Å². The minimum atomic E-state index is -0.366. The average molecular weight is 598 g/mol. The molecule has 0 spiro atoms. The molecule has 0 bridgehead atoms. The second-order valence-electron chi connectivity index (χ2n) is 13.8. The van der Waals surface area contributed by atoms with Gasteiger partial charge in [-0.25, -0.2) is 14.0 Å². The third kappa shape index (κ3) is 4.31. The maximum absolute atomic E-state index is 6.39. The third-order valence-corrected chi connectivity index (χ3v) is 9.88. The summed E-state index contributed by atoms with van der Waals surface area (Å²) in [7, 11) is 2.17. The van der Waals surface area contributed by atoms with Crippen LogP contribution in [0.15, 0.2) is 95.7 Å². The normalized spacial score (nSPS) is 15.3. The van der Waals surface area contributed by atoms with Gasteiger partial charge in [-0.1, -0.05) is 82.3 Å². The molecule has 230 valence electrons. The summed E-state index contributed by atoms with van der Waals surface area (Å²) in [6.45, 7) is 18.5. The lowest BCUT2D eigenvalue weighted by atomic mass is 9.84. The summed E-state index contributed by atoms with van der Waals surface area (Å²) >= 11 is 0. The van der Waals surface area contributed by atoms with E-state index >= 15 is 0 Å². The van der Waals surface area contributed by atoms with Crippen molar-refractivity contribution in [2.24, 2.45) is 7.05 Å². The Kier molecular flexibility index (Phi) is 6.85. The topological polar surface area (TPSA) is 28.4 Å². The molecule has 0 N–H and O–H groups in total. The van der Waals surface area contributed by atoms with Crippen LogP contribution in [0.3, 0.4) is 0 Å². The van der Waals surface area contributed by atoms with E-state index in [1.807, 2.05) is 0 Å². The molecule has 0 fully saturated rings. The van der Waals surface area contributed by atoms with Crippen LogP contribution in [-0.4, -0.2) is 10.7 Å². The van der Waals surface area contributed by atoms with E-state index < -0.39 is 0 Å². The van der Waals surface area contributed by atoms with Gasteiger partial charge in [0.2, 0.25) is 0 Å². The van der Waals surface area contributed by atoms with Crippen molar-refractivity contribution in [3.05, 3.63) is 114 Å². The Labute approximate surface area is 267 Å². The largest absolute Gasteiger partial charge is 0.456 e. The Morgan fingerprint density at radius 1 is 0.778 bits per heavy atom. The molecule has 1 aliphatic heterocycles. The molecular weight excluding hydrogens is 552 g/mol. The van der Waals surface area contributed by atoms with Gasteiger partial charge in [-0.2, -0.15) is 0 Å². The van der Waals surface area contributed by atoms with Crippen molar-refractivity contribution >= 4 is 39.3 Å². The number of rotatable bonds is 6. The van der Waals surface area contributed by atoms with Gasteiger partial charge in [-0.3, -0.25) is 0 Å². The second-order valence-corrected chi connectivity index (χ2v) is 13.8. The Hall–Kier alpha value is -4.51. The summed E-state index contributed by atoms with van der Waals surface area (Å²) in [4.78, 5) is 5.14. The fraction of sp³-hybridized carbons (Fsp3) is 0.325. The summed E-state index contributed by atoms with van der Waals surface area (Å²) in [5.74, 6) is 1.93. The van der Waals surface area contributed by atoms with E-state index in [1.54, 1.807) is 0 Å². The number of imidazole rings is 1. The van der Waals surface area contributed by atoms with E-state index in [4.69, 9.17) is 4.42 Å². The molecule has 0 saturated carbocycles. The lowest BCUT2D eigenvalue weighted by Gasteiger charge is -2.41. The van der Waals surface area contributed by atoms with Crippen LogP contribution < -0.4 is 14.4 Å². The first-order valence-corrected chi connectivity index (χ1v) is 16.3. The molecule has 3 heterocycles. The monoisotopic (exact) mass is 597 g/mol. The van der Waals surface area contributed by atoms with Gasteiger partial charge >= 0.3 is 5.95 Å². The van der Waals surface area contributed by atoms with Gasteiger partial charge in [0, 0.05) is 10.8 Å². The highest BCUT2D eigenvalue weighted by atomic mass is 16.3. The van der Waals surface area contributed by atoms with Crippen LogP contribution >= 0.6 is 0 Å². The molecule has 1 aliphatic rings. The maximum Gasteiger partial charge on any atom is 0.371 e. The fourth-order valence-electron chi connectivity index (χ4n) is 7.98. The predicted molar refractivity (Wildman–Crippen MR) is 187 cm³/mol. The first kappa shape index (κ1) is 29.2. The molecule has 0 radical (unpaired) electrons. The fourth-order valence-corrected chi connectivity index (χ4v) is 7.98. The molecule has 45 heavy (non-hydrogen) atoms. The van der Waals surface area contributed by atoms with Crippen LogP contribution in [0.4, 0.5) is 17.3 Å². The Bertz CT molecular complexity index is 2030. The number of anilines is 3. The van der Waals surface area contributed by atoms with E-state index in [1.165, 1.54) is 50.1 Å². The van der Waals surface area contributed by atoms with Gasteiger partial charge in [0.05, 0.1) is 24.5 Å². The lowest BCUT2D eigenvalue weighted by Crippen LogP contribution is -2.51. The van der Waals surface area contributed by atoms with Crippen molar-refractivity contribution in [3.63, 3.8) is 0 Å². The molecule has 2 aromatic heterocycles. The SMILES string of the molecule is Cc1ccc2oc3ccccc3c2c1C(C)(C)N1c2ccccc2N(c2n(-c3c(C(C)C)cccc3C(C)C)cc[n+]2C)[C@H]1C. The number of nitrogens with zero attached hydrogens (tertiary/aromatic N) is 4. The number of hydrogen-bond donors (Lipinski definition) is 0. The second kappa shape index (κ2) is 10.5. The Morgan fingerprint density at radius 3 is 2.11 bits per heavy atom. The highest BCUT2D eigenvalue weighted by Gasteiger charge is 2.49. The van der Waals surface area contributed by atoms with E-state index in [9.17, 15) is 0 Å². The summed E-state index contributed by atoms with van der Waals surface area (Å²) in [6, 6.07) is 28.5. The van der Waals surface area contributed by atoms with E-state index in [0.29, 0.717) is 11.8 Å². The molecule has 0 aliphatic carbocycles. The van der Waals surface area contributed by atoms with E-state index in [2.05, 4.69) is 173 Å². The molecule has 6 aromatic rings. The van der Waals surface area contributed by atoms with Gasteiger partial charge in [0.15, 0.2) is 6.17 Å². The molecule has 4 aromatic carbocycles. The smallest absolute Gasteiger partial charge is 0.371 e. The van der Waals surface area contributed by atoms with Gasteiger partial charge in [-0.15, -0.1) is 0 Å². The summed E-state index contributed by atoms with van der Waals surface area (Å²) in [5.41, 5.74) is 10.5. The van der Waals surface area contributed by atoms with Gasteiger partial charge in [0.25, 0.3) is 0 Å². The van der Waals surface area contributed by atoms with Crippen LogP contribution in [0.1, 0.15) is 82.6 Å². The predicted octanol–water partition coefficient (Wildman–Crippen LogP) is 10.00. The number of furan rings is 1. The van der Waals surface area contributed by atoms with Crippen molar-refractivity contribution in [3.8, 4) is 5.69 Å². The minimum absolute atomic E-state index is 0.0267. The first-order valence-electron chi connectivity index (χ1n) is 16.3. The van der Waals surface area contributed by atoms with Crippen LogP contribution in [0.25, 0.3) is 27.6 Å². The Balaban J connectivity index is 1.45. The van der Waals surface area contributed by atoms with Crippen molar-refractivity contribution in [1.82, 2.24) is 4.57 Å². The number of benzene rings is 4. The van der Waals surface area contributed by atoms with E-state index in [0.717, 1.165) is 17.1 Å². The van der Waals surface area contributed by atoms with Crippen molar-refractivity contribution in [2.75, 3.05) is 9.80 Å². The molecule has 5 heteroatoms. The number of fused-ring (bicyclic) bond motifs is 4. The van der Waals surface area contributed by atoms with Crippen molar-refractivity contribution in [1.29, 1.82) is 0 Å². The molecule has 7 rings (SSSR count). The highest BCUT2D eigenvalue weighted by Crippen LogP contribution is 2.51. The zero-order valence-corrected chi connectivity index (χ0v) is 28.1. The zero-order valence-electron chi connectivity index (χ0n) is 28.1. The average Bonchev–Trinajstić information content (AvgIpc) is 3.66. The first-order chi connectivity index (χ1) is 21.5. The lowest BCUT2D eigenvalue weighted by molar-refractivity contribution is -0.657. The van der Waals surface area contributed by atoms with Crippen LogP contribution in [0.5, 0.6) is 0 Å². The van der Waals surface area contributed by atoms with Crippen molar-refractivity contribution < 1.29 is 8.98 Å². The molecule has 0 amide bonds. The van der Waals surface area contributed by atoms with E-state index in [-0.39, 0.29) is 11.7 Å². The number of hydrogen-bond acceptors (Lipinski definition) is 3. The highest BCUT2D eigenvalue weighted by molar-refractivity contribution is 6.08. The van der Waals surface area contributed by atoms with Crippen LogP contribution in [-0.2, 0) is 12.6 Å². The molecule has 5 nitrogen and oxygen atoms in total. The summed E-state index contributed by atoms with van der Waals surface area (Å²) in [6.07, 6.45) is 4.47. The molecular formula is C40H45N4O+. The number of aromatic nitrogens is 2. The van der Waals surface area contributed by atoms with Crippen LogP contribution in [0, 0.1) is 6.92 Å². The van der Waals surface area contributed by atoms with Gasteiger partial charge in [-0.05, 0) is 86.1 Å². The van der Waals surface area contributed by atoms with Gasteiger partial charge < -0.3 is 9.32 Å². The van der Waals surface area contributed by atoms with Crippen molar-refractivity contribution in [2.45, 2.75) is 78.9 Å². The molecule has 0 unspecified atom stereocenters. The number of aryl methyl sites for hydroxylation is 2. The minimum Gasteiger partial charge on any atom is -0.456 e. The maximum atomic E-state index is 6.39. The number of para-hydroxylation sites is 4. The summed E-state index contributed by atoms with van der Waals surface area (Å²) in [5, 5.41) is 2.38. The third-order valence-electron chi connectivity index (χ3n) is 9.88.